The summed E-state index contributed by atoms with van der Waals surface area (Å²) in [6.07, 6.45) is 2.00. The number of pyridine rings is 1. The minimum Gasteiger partial charge on any atom is -0.347 e. The first kappa shape index (κ1) is 20.9. The lowest BCUT2D eigenvalue weighted by molar-refractivity contribution is 0.365. The predicted molar refractivity (Wildman–Crippen MR) is 120 cm³/mol. The Morgan fingerprint density at radius 3 is 2.50 bits per heavy atom. The van der Waals surface area contributed by atoms with Crippen molar-refractivity contribution in [3.05, 3.63) is 81.9 Å². The Hall–Kier alpha value is -3.72. The first-order valence-electron chi connectivity index (χ1n) is 11.0. The van der Waals surface area contributed by atoms with Crippen molar-refractivity contribution in [3.63, 3.8) is 0 Å². The van der Waals surface area contributed by atoms with Crippen molar-refractivity contribution in [2.24, 2.45) is 5.92 Å². The normalized spacial score (nSPS) is 19.4. The molecule has 4 aromatic rings. The Balaban J connectivity index is 1.61. The van der Waals surface area contributed by atoms with Gasteiger partial charge in [0.1, 0.15) is 29.2 Å². The standard InChI is InChI=1S/C25H19F3N4O2/c1-12-11-14(26)7-8-15(12)20-16-9-10-19(33)32(21-17(27)3-2-4-18(21)28)23(16)30-25(29-20)31-24-22(34-24)13-5-6-13/h2-4,7-11,13,22,24H,5-6H2,1H3,(H,29,30,31). The van der Waals surface area contributed by atoms with E-state index in [0.29, 0.717) is 28.1 Å². The third-order valence-corrected chi connectivity index (χ3v) is 6.24. The van der Waals surface area contributed by atoms with E-state index < -0.39 is 28.7 Å². The van der Waals surface area contributed by atoms with Crippen LogP contribution in [0.2, 0.25) is 0 Å². The number of aromatic nitrogens is 3. The third kappa shape index (κ3) is 3.52. The summed E-state index contributed by atoms with van der Waals surface area (Å²) < 4.78 is 49.8. The average Bonchev–Trinajstić information content (AvgIpc) is 3.70. The number of ether oxygens (including phenoxy) is 1. The number of nitrogens with zero attached hydrogens (tertiary/aromatic N) is 3. The van der Waals surface area contributed by atoms with Crippen LogP contribution in [-0.2, 0) is 4.74 Å². The van der Waals surface area contributed by atoms with Gasteiger partial charge >= 0.3 is 0 Å². The molecule has 6 rings (SSSR count). The molecule has 172 valence electrons. The number of benzene rings is 2. The Labute approximate surface area is 192 Å². The fourth-order valence-electron chi connectivity index (χ4n) is 4.35. The molecule has 1 saturated heterocycles. The molecule has 0 radical (unpaired) electrons. The minimum absolute atomic E-state index is 0.0244. The van der Waals surface area contributed by atoms with Gasteiger partial charge in [-0.3, -0.25) is 9.36 Å². The Bertz CT molecular complexity index is 1500. The highest BCUT2D eigenvalue weighted by Crippen LogP contribution is 2.44. The molecule has 3 heterocycles. The molecule has 9 heteroatoms. The van der Waals surface area contributed by atoms with Gasteiger partial charge in [-0.05, 0) is 67.6 Å². The summed E-state index contributed by atoms with van der Waals surface area (Å²) in [5, 5.41) is 3.51. The van der Waals surface area contributed by atoms with Crippen LogP contribution < -0.4 is 10.9 Å². The van der Waals surface area contributed by atoms with Crippen LogP contribution in [0.4, 0.5) is 19.1 Å². The number of nitrogens with one attached hydrogen (secondary N) is 1. The monoisotopic (exact) mass is 464 g/mol. The number of halogens is 3. The van der Waals surface area contributed by atoms with Gasteiger partial charge < -0.3 is 10.1 Å². The summed E-state index contributed by atoms with van der Waals surface area (Å²) in [7, 11) is 0. The number of epoxide rings is 1. The maximum absolute atomic E-state index is 14.7. The predicted octanol–water partition coefficient (Wildman–Crippen LogP) is 4.72. The summed E-state index contributed by atoms with van der Waals surface area (Å²) in [6, 6.07) is 10.4. The third-order valence-electron chi connectivity index (χ3n) is 6.24. The van der Waals surface area contributed by atoms with E-state index in [2.05, 4.69) is 15.3 Å². The van der Waals surface area contributed by atoms with Gasteiger partial charge in [-0.15, -0.1) is 0 Å². The summed E-state index contributed by atoms with van der Waals surface area (Å²) in [5.41, 5.74) is 0.464. The van der Waals surface area contributed by atoms with Crippen molar-refractivity contribution < 1.29 is 17.9 Å². The van der Waals surface area contributed by atoms with E-state index in [0.717, 1.165) is 29.5 Å². The van der Waals surface area contributed by atoms with E-state index in [-0.39, 0.29) is 23.9 Å². The molecule has 2 fully saturated rings. The van der Waals surface area contributed by atoms with E-state index in [9.17, 15) is 18.0 Å². The molecule has 6 nitrogen and oxygen atoms in total. The molecule has 0 spiro atoms. The van der Waals surface area contributed by atoms with Gasteiger partial charge in [0.2, 0.25) is 5.95 Å². The van der Waals surface area contributed by atoms with Crippen LogP contribution >= 0.6 is 0 Å². The maximum atomic E-state index is 14.7. The van der Waals surface area contributed by atoms with Crippen molar-refractivity contribution in [1.29, 1.82) is 0 Å². The molecule has 1 aliphatic heterocycles. The highest BCUT2D eigenvalue weighted by atomic mass is 19.1. The average molecular weight is 464 g/mol. The zero-order valence-electron chi connectivity index (χ0n) is 18.1. The van der Waals surface area contributed by atoms with Crippen LogP contribution in [0.1, 0.15) is 18.4 Å². The Morgan fingerprint density at radius 1 is 1.03 bits per heavy atom. The second kappa shape index (κ2) is 7.66. The van der Waals surface area contributed by atoms with Crippen molar-refractivity contribution in [2.75, 3.05) is 5.32 Å². The summed E-state index contributed by atoms with van der Waals surface area (Å²) in [6.45, 7) is 1.74. The molecule has 2 aliphatic rings. The number of fused-ring (bicyclic) bond motifs is 1. The summed E-state index contributed by atoms with van der Waals surface area (Å²) in [5.74, 6) is -1.55. The van der Waals surface area contributed by atoms with Crippen LogP contribution in [0.25, 0.3) is 28.0 Å². The van der Waals surface area contributed by atoms with Gasteiger partial charge in [0.05, 0.1) is 5.69 Å². The summed E-state index contributed by atoms with van der Waals surface area (Å²) >= 11 is 0. The van der Waals surface area contributed by atoms with Crippen LogP contribution in [-0.4, -0.2) is 26.9 Å². The van der Waals surface area contributed by atoms with Crippen LogP contribution in [0.5, 0.6) is 0 Å². The zero-order valence-corrected chi connectivity index (χ0v) is 18.1. The molecular weight excluding hydrogens is 445 g/mol. The van der Waals surface area contributed by atoms with Crippen LogP contribution in [0.15, 0.2) is 53.3 Å². The molecule has 1 N–H and O–H groups in total. The van der Waals surface area contributed by atoms with E-state index >= 15 is 0 Å². The van der Waals surface area contributed by atoms with Crippen molar-refractivity contribution in [2.45, 2.75) is 32.1 Å². The van der Waals surface area contributed by atoms with Gasteiger partial charge in [-0.1, -0.05) is 6.07 Å². The van der Waals surface area contributed by atoms with Gasteiger partial charge in [-0.25, -0.2) is 18.2 Å². The molecule has 1 aliphatic carbocycles. The fourth-order valence-corrected chi connectivity index (χ4v) is 4.35. The fraction of sp³-hybridized carbons (Fsp3) is 0.240. The number of hydrogen-bond donors (Lipinski definition) is 1. The molecule has 2 aromatic heterocycles. The Morgan fingerprint density at radius 2 is 1.79 bits per heavy atom. The van der Waals surface area contributed by atoms with Crippen LogP contribution in [0, 0.1) is 30.3 Å². The largest absolute Gasteiger partial charge is 0.347 e. The van der Waals surface area contributed by atoms with Crippen molar-refractivity contribution in [3.8, 4) is 16.9 Å². The van der Waals surface area contributed by atoms with Crippen molar-refractivity contribution >= 4 is 17.0 Å². The quantitative estimate of drug-likeness (QED) is 0.433. The molecule has 2 atom stereocenters. The molecular formula is C25H19F3N4O2. The van der Waals surface area contributed by atoms with Crippen molar-refractivity contribution in [1.82, 2.24) is 14.5 Å². The molecule has 1 saturated carbocycles. The SMILES string of the molecule is Cc1cc(F)ccc1-c1nc(NC2OC2C2CC2)nc2c1ccc(=O)n2-c1c(F)cccc1F. The second-order valence-corrected chi connectivity index (χ2v) is 8.67. The topological polar surface area (TPSA) is 72.3 Å². The number of rotatable bonds is 5. The molecule has 2 unspecified atom stereocenters. The van der Waals surface area contributed by atoms with Gasteiger partial charge in [0.15, 0.2) is 11.9 Å². The van der Waals surface area contributed by atoms with Crippen LogP contribution in [0.3, 0.4) is 0 Å². The maximum Gasteiger partial charge on any atom is 0.256 e. The minimum atomic E-state index is -0.901. The van der Waals surface area contributed by atoms with E-state index in [1.54, 1.807) is 13.0 Å². The zero-order chi connectivity index (χ0) is 23.6. The molecule has 0 amide bonds. The molecule has 34 heavy (non-hydrogen) atoms. The van der Waals surface area contributed by atoms with E-state index in [1.165, 1.54) is 30.3 Å². The number of anilines is 1. The van der Waals surface area contributed by atoms with E-state index in [4.69, 9.17) is 4.74 Å². The lowest BCUT2D eigenvalue weighted by Gasteiger charge is -2.15. The van der Waals surface area contributed by atoms with E-state index in [1.807, 2.05) is 0 Å². The number of para-hydroxylation sites is 1. The first-order chi connectivity index (χ1) is 16.4. The van der Waals surface area contributed by atoms with Gasteiger partial charge in [0, 0.05) is 17.0 Å². The molecule has 0 bridgehead atoms. The number of hydrogen-bond acceptors (Lipinski definition) is 5. The lowest BCUT2D eigenvalue weighted by atomic mass is 10.0. The second-order valence-electron chi connectivity index (χ2n) is 8.67. The first-order valence-corrected chi connectivity index (χ1v) is 11.0. The number of aryl methyl sites for hydroxylation is 1. The summed E-state index contributed by atoms with van der Waals surface area (Å²) in [4.78, 5) is 22.0. The highest BCUT2D eigenvalue weighted by Gasteiger charge is 2.50. The molecule has 2 aromatic carbocycles. The van der Waals surface area contributed by atoms with Gasteiger partial charge in [0.25, 0.3) is 5.56 Å². The lowest BCUT2D eigenvalue weighted by Crippen LogP contribution is -2.22. The Kier molecular flexibility index (Phi) is 4.70. The van der Waals surface area contributed by atoms with Gasteiger partial charge in [-0.2, -0.15) is 4.98 Å². The smallest absolute Gasteiger partial charge is 0.256 e. The highest BCUT2D eigenvalue weighted by molar-refractivity contribution is 5.93.